The summed E-state index contributed by atoms with van der Waals surface area (Å²) in [5.74, 6) is 0.481. The fourth-order valence-electron chi connectivity index (χ4n) is 4.05. The second kappa shape index (κ2) is 8.80. The second-order valence-corrected chi connectivity index (χ2v) is 8.19. The molecule has 7 heteroatoms. The van der Waals surface area contributed by atoms with Gasteiger partial charge >= 0.3 is 0 Å². The summed E-state index contributed by atoms with van der Waals surface area (Å²) in [6, 6.07) is 21.9. The lowest BCUT2D eigenvalue weighted by Crippen LogP contribution is -2.42. The van der Waals surface area contributed by atoms with Crippen LogP contribution in [0.15, 0.2) is 66.7 Å². The van der Waals surface area contributed by atoms with Crippen LogP contribution < -0.4 is 16.0 Å². The number of amides is 1. The maximum Gasteiger partial charge on any atom is 0.251 e. The Morgan fingerprint density at radius 3 is 2.59 bits per heavy atom. The minimum atomic E-state index is -0.0305. The number of nitrogens with zero attached hydrogens (tertiary/aromatic N) is 3. The summed E-state index contributed by atoms with van der Waals surface area (Å²) in [7, 11) is 0. The quantitative estimate of drug-likeness (QED) is 0.450. The Morgan fingerprint density at radius 1 is 1.03 bits per heavy atom. The van der Waals surface area contributed by atoms with E-state index in [1.165, 1.54) is 5.56 Å². The summed E-state index contributed by atoms with van der Waals surface area (Å²) in [4.78, 5) is 17.1. The van der Waals surface area contributed by atoms with E-state index in [4.69, 9.17) is 0 Å². The highest BCUT2D eigenvalue weighted by atomic mass is 16.1. The van der Waals surface area contributed by atoms with Gasteiger partial charge in [0.05, 0.1) is 5.69 Å². The van der Waals surface area contributed by atoms with Crippen LogP contribution in [0.25, 0.3) is 16.9 Å². The molecule has 0 unspecified atom stereocenters. The van der Waals surface area contributed by atoms with Gasteiger partial charge in [-0.05, 0) is 75.3 Å². The van der Waals surface area contributed by atoms with Crippen molar-refractivity contribution in [2.45, 2.75) is 25.8 Å². The molecule has 0 spiro atoms. The molecule has 5 rings (SSSR count). The summed E-state index contributed by atoms with van der Waals surface area (Å²) in [6.45, 7) is 3.98. The van der Waals surface area contributed by atoms with E-state index >= 15 is 0 Å². The Morgan fingerprint density at radius 2 is 1.81 bits per heavy atom. The SMILES string of the molecule is Cc1cccc(-c2cccc3nc(Nc4ccc(C(=O)NC5CCNCC5)cc4)nn23)c1. The third-order valence-corrected chi connectivity index (χ3v) is 5.75. The molecule has 7 nitrogen and oxygen atoms in total. The highest BCUT2D eigenvalue weighted by molar-refractivity contribution is 5.94. The Kier molecular flexibility index (Phi) is 5.56. The van der Waals surface area contributed by atoms with E-state index in [1.54, 1.807) is 0 Å². The van der Waals surface area contributed by atoms with E-state index in [1.807, 2.05) is 53.0 Å². The van der Waals surface area contributed by atoms with Crippen LogP contribution in [0.3, 0.4) is 0 Å². The number of hydrogen-bond acceptors (Lipinski definition) is 5. The predicted octanol–water partition coefficient (Wildman–Crippen LogP) is 3.93. The molecule has 4 aromatic rings. The monoisotopic (exact) mass is 426 g/mol. The van der Waals surface area contributed by atoms with Crippen LogP contribution in [0.2, 0.25) is 0 Å². The van der Waals surface area contributed by atoms with Crippen molar-refractivity contribution in [3.8, 4) is 11.3 Å². The van der Waals surface area contributed by atoms with Gasteiger partial charge in [0.25, 0.3) is 5.91 Å². The van der Waals surface area contributed by atoms with Gasteiger partial charge in [-0.15, -0.1) is 5.10 Å². The number of piperidine rings is 1. The number of hydrogen-bond donors (Lipinski definition) is 3. The third-order valence-electron chi connectivity index (χ3n) is 5.75. The number of aryl methyl sites for hydroxylation is 1. The van der Waals surface area contributed by atoms with E-state index < -0.39 is 0 Å². The Bertz CT molecular complexity index is 1240. The molecule has 1 aliphatic heterocycles. The van der Waals surface area contributed by atoms with Crippen LogP contribution in [0.1, 0.15) is 28.8 Å². The summed E-state index contributed by atoms with van der Waals surface area (Å²) in [5, 5.41) is 14.3. The summed E-state index contributed by atoms with van der Waals surface area (Å²) >= 11 is 0. The maximum atomic E-state index is 12.5. The average molecular weight is 427 g/mol. The van der Waals surface area contributed by atoms with E-state index in [-0.39, 0.29) is 11.9 Å². The standard InChI is InChI=1S/C25H26N6O/c1-17-4-2-5-19(16-17)22-6-3-7-23-29-25(30-31(22)23)28-20-10-8-18(9-11-20)24(32)27-21-12-14-26-15-13-21/h2-11,16,21,26H,12-15H2,1H3,(H,27,32)(H,28,30). The van der Waals surface area contributed by atoms with Crippen molar-refractivity contribution < 1.29 is 4.79 Å². The molecule has 2 aromatic heterocycles. The molecule has 1 saturated heterocycles. The van der Waals surface area contributed by atoms with Crippen LogP contribution in [0.4, 0.5) is 11.6 Å². The van der Waals surface area contributed by atoms with Gasteiger partial charge in [-0.25, -0.2) is 4.52 Å². The van der Waals surface area contributed by atoms with Crippen molar-refractivity contribution in [2.75, 3.05) is 18.4 Å². The van der Waals surface area contributed by atoms with Crippen molar-refractivity contribution >= 4 is 23.2 Å². The minimum absolute atomic E-state index is 0.0305. The average Bonchev–Trinajstić information content (AvgIpc) is 3.22. The summed E-state index contributed by atoms with van der Waals surface area (Å²) < 4.78 is 1.85. The second-order valence-electron chi connectivity index (χ2n) is 8.19. The fourth-order valence-corrected chi connectivity index (χ4v) is 4.05. The molecule has 1 aliphatic rings. The van der Waals surface area contributed by atoms with Crippen LogP contribution in [0.5, 0.6) is 0 Å². The van der Waals surface area contributed by atoms with Gasteiger partial charge in [0.1, 0.15) is 0 Å². The number of carbonyl (C=O) groups is 1. The van der Waals surface area contributed by atoms with E-state index in [2.05, 4.69) is 51.2 Å². The summed E-state index contributed by atoms with van der Waals surface area (Å²) in [5.41, 5.74) is 5.52. The molecular weight excluding hydrogens is 400 g/mol. The number of benzene rings is 2. The van der Waals surface area contributed by atoms with Crippen LogP contribution in [-0.4, -0.2) is 39.6 Å². The lowest BCUT2D eigenvalue weighted by Gasteiger charge is -2.23. The zero-order valence-electron chi connectivity index (χ0n) is 18.0. The van der Waals surface area contributed by atoms with E-state index in [9.17, 15) is 4.79 Å². The molecule has 32 heavy (non-hydrogen) atoms. The summed E-state index contributed by atoms with van der Waals surface area (Å²) in [6.07, 6.45) is 1.94. The number of rotatable bonds is 5. The molecule has 3 N–H and O–H groups in total. The van der Waals surface area contributed by atoms with Crippen molar-refractivity contribution in [3.05, 3.63) is 77.9 Å². The van der Waals surface area contributed by atoms with E-state index in [0.29, 0.717) is 11.5 Å². The number of carbonyl (C=O) groups excluding carboxylic acids is 1. The molecular formula is C25H26N6O. The zero-order chi connectivity index (χ0) is 21.9. The topological polar surface area (TPSA) is 83.3 Å². The normalized spacial score (nSPS) is 14.4. The first-order chi connectivity index (χ1) is 15.7. The molecule has 3 heterocycles. The van der Waals surface area contributed by atoms with Crippen molar-refractivity contribution in [1.82, 2.24) is 25.2 Å². The van der Waals surface area contributed by atoms with Crippen LogP contribution >= 0.6 is 0 Å². The molecule has 0 aliphatic carbocycles. The molecule has 0 radical (unpaired) electrons. The van der Waals surface area contributed by atoms with Gasteiger partial charge in [-0.3, -0.25) is 4.79 Å². The van der Waals surface area contributed by atoms with Gasteiger partial charge in [0.15, 0.2) is 5.65 Å². The number of anilines is 2. The molecule has 1 fully saturated rings. The Hall–Kier alpha value is -3.71. The molecule has 0 atom stereocenters. The predicted molar refractivity (Wildman–Crippen MR) is 126 cm³/mol. The van der Waals surface area contributed by atoms with Gasteiger partial charge in [0, 0.05) is 22.9 Å². The van der Waals surface area contributed by atoms with Gasteiger partial charge in [0.2, 0.25) is 5.95 Å². The largest absolute Gasteiger partial charge is 0.349 e. The number of nitrogens with one attached hydrogen (secondary N) is 3. The first-order valence-corrected chi connectivity index (χ1v) is 11.0. The maximum absolute atomic E-state index is 12.5. The first kappa shape index (κ1) is 20.2. The van der Waals surface area contributed by atoms with Crippen LogP contribution in [0, 0.1) is 6.92 Å². The first-order valence-electron chi connectivity index (χ1n) is 11.0. The highest BCUT2D eigenvalue weighted by Gasteiger charge is 2.16. The van der Waals surface area contributed by atoms with Gasteiger partial charge in [-0.1, -0.05) is 29.8 Å². The van der Waals surface area contributed by atoms with Crippen LogP contribution in [-0.2, 0) is 0 Å². The minimum Gasteiger partial charge on any atom is -0.349 e. The van der Waals surface area contributed by atoms with Gasteiger partial charge < -0.3 is 16.0 Å². The smallest absolute Gasteiger partial charge is 0.251 e. The number of aromatic nitrogens is 3. The lowest BCUT2D eigenvalue weighted by atomic mass is 10.1. The molecule has 1 amide bonds. The van der Waals surface area contributed by atoms with Crippen molar-refractivity contribution in [3.63, 3.8) is 0 Å². The fraction of sp³-hybridized carbons (Fsp3) is 0.240. The third kappa shape index (κ3) is 4.33. The number of pyridine rings is 1. The van der Waals surface area contributed by atoms with Gasteiger partial charge in [-0.2, -0.15) is 4.98 Å². The molecule has 0 bridgehead atoms. The lowest BCUT2D eigenvalue weighted by molar-refractivity contribution is 0.0929. The molecule has 162 valence electrons. The van der Waals surface area contributed by atoms with Crippen molar-refractivity contribution in [2.24, 2.45) is 0 Å². The van der Waals surface area contributed by atoms with E-state index in [0.717, 1.165) is 48.5 Å². The highest BCUT2D eigenvalue weighted by Crippen LogP contribution is 2.23. The Labute approximate surface area is 186 Å². The molecule has 0 saturated carbocycles. The van der Waals surface area contributed by atoms with Crippen molar-refractivity contribution in [1.29, 1.82) is 0 Å². The molecule has 2 aromatic carbocycles. The number of fused-ring (bicyclic) bond motifs is 1. The Balaban J connectivity index is 1.32. The zero-order valence-corrected chi connectivity index (χ0v) is 18.0.